The molecule has 4 heteroatoms. The van der Waals surface area contributed by atoms with E-state index in [1.807, 2.05) is 36.4 Å². The van der Waals surface area contributed by atoms with Crippen molar-refractivity contribution in [2.75, 3.05) is 26.3 Å². The van der Waals surface area contributed by atoms with Gasteiger partial charge in [-0.1, -0.05) is 72.1 Å². The van der Waals surface area contributed by atoms with Crippen LogP contribution in [0.2, 0.25) is 0 Å². The summed E-state index contributed by atoms with van der Waals surface area (Å²) in [7, 11) is 0. The lowest BCUT2D eigenvalue weighted by molar-refractivity contribution is -0.127. The van der Waals surface area contributed by atoms with Gasteiger partial charge in [0.15, 0.2) is 0 Å². The van der Waals surface area contributed by atoms with E-state index in [1.165, 1.54) is 5.56 Å². The van der Waals surface area contributed by atoms with Crippen molar-refractivity contribution in [2.45, 2.75) is 37.3 Å². The highest BCUT2D eigenvalue weighted by molar-refractivity contribution is 5.81. The third-order valence-electron chi connectivity index (χ3n) is 7.38. The molecule has 2 aromatic carbocycles. The minimum Gasteiger partial charge on any atom is -0.379 e. The zero-order valence-electron chi connectivity index (χ0n) is 19.5. The molecule has 1 amide bonds. The monoisotopic (exact) mass is 452 g/mol. The van der Waals surface area contributed by atoms with Crippen LogP contribution in [0.5, 0.6) is 0 Å². The summed E-state index contributed by atoms with van der Waals surface area (Å²) in [6.07, 6.45) is 8.74. The molecule has 5 rings (SSSR count). The number of allylic oxidation sites excluding steroid dienone is 2. The van der Waals surface area contributed by atoms with Crippen molar-refractivity contribution in [3.63, 3.8) is 0 Å². The van der Waals surface area contributed by atoms with E-state index in [1.54, 1.807) is 0 Å². The van der Waals surface area contributed by atoms with Crippen LogP contribution in [-0.4, -0.2) is 43.2 Å². The summed E-state index contributed by atoms with van der Waals surface area (Å²) < 4.78 is 5.58. The minimum atomic E-state index is -0.201. The fourth-order valence-corrected chi connectivity index (χ4v) is 5.60. The molecule has 1 saturated heterocycles. The second-order valence-corrected chi connectivity index (χ2v) is 9.36. The van der Waals surface area contributed by atoms with Crippen molar-refractivity contribution in [1.29, 1.82) is 0 Å². The lowest BCUT2D eigenvalue weighted by atomic mass is 9.72. The minimum absolute atomic E-state index is 0.0508. The zero-order chi connectivity index (χ0) is 23.2. The molecule has 1 unspecified atom stereocenters. The standard InChI is InChI=1S/C30H32N2O2/c33-30(31-29(24-12-6-2-7-13-24)25-14-8-3-9-15-25)27-17-16-26(32-18-20-34-21-19-32)22-28(27)23-10-4-1-5-11-23/h1-2,4-8,10-15,26-29H,16-22H2,(H,31,33)/t26-,27-,28+,29?/m1/s1. The van der Waals surface area contributed by atoms with Crippen LogP contribution in [0.1, 0.15) is 42.3 Å². The van der Waals surface area contributed by atoms with Crippen molar-refractivity contribution in [1.82, 2.24) is 10.2 Å². The first-order valence-corrected chi connectivity index (χ1v) is 12.4. The van der Waals surface area contributed by atoms with E-state index in [0.717, 1.165) is 56.7 Å². The highest BCUT2D eigenvalue weighted by Crippen LogP contribution is 2.40. The number of rotatable bonds is 6. The molecule has 4 nitrogen and oxygen atoms in total. The number of hydrogen-bond acceptors (Lipinski definition) is 3. The van der Waals surface area contributed by atoms with Crippen LogP contribution in [0, 0.1) is 5.92 Å². The number of benzene rings is 2. The number of carbonyl (C=O) groups is 1. The smallest absolute Gasteiger partial charge is 0.224 e. The maximum absolute atomic E-state index is 13.9. The predicted octanol–water partition coefficient (Wildman–Crippen LogP) is 4.94. The van der Waals surface area contributed by atoms with Crippen LogP contribution in [-0.2, 0) is 9.53 Å². The molecule has 0 aromatic heterocycles. The van der Waals surface area contributed by atoms with Crippen LogP contribution in [0.15, 0.2) is 95.9 Å². The fourth-order valence-electron chi connectivity index (χ4n) is 5.60. The molecular formula is C30H32N2O2. The normalized spacial score (nSPS) is 25.5. The van der Waals surface area contributed by atoms with Gasteiger partial charge in [0.2, 0.25) is 5.91 Å². The fraction of sp³-hybridized carbons (Fsp3) is 0.367. The Kier molecular flexibility index (Phi) is 7.24. The van der Waals surface area contributed by atoms with Crippen molar-refractivity contribution < 1.29 is 9.53 Å². The summed E-state index contributed by atoms with van der Waals surface area (Å²) in [6, 6.07) is 21.1. The van der Waals surface area contributed by atoms with Gasteiger partial charge in [-0.05, 0) is 60.1 Å². The van der Waals surface area contributed by atoms with Gasteiger partial charge in [0.25, 0.3) is 0 Å². The molecule has 1 N–H and O–H groups in total. The van der Waals surface area contributed by atoms with Crippen molar-refractivity contribution >= 4 is 5.91 Å². The Labute approximate surface area is 202 Å². The second-order valence-electron chi connectivity index (χ2n) is 9.36. The van der Waals surface area contributed by atoms with Gasteiger partial charge in [0.05, 0.1) is 19.3 Å². The number of morpholine rings is 1. The van der Waals surface area contributed by atoms with Crippen molar-refractivity contribution in [3.05, 3.63) is 107 Å². The topological polar surface area (TPSA) is 41.6 Å². The molecule has 3 aliphatic rings. The van der Waals surface area contributed by atoms with Crippen LogP contribution in [0.25, 0.3) is 0 Å². The summed E-state index contributed by atoms with van der Waals surface area (Å²) >= 11 is 0. The van der Waals surface area contributed by atoms with E-state index in [-0.39, 0.29) is 23.8 Å². The van der Waals surface area contributed by atoms with Gasteiger partial charge < -0.3 is 10.1 Å². The first kappa shape index (κ1) is 22.7. The Morgan fingerprint density at radius 3 is 2.41 bits per heavy atom. The van der Waals surface area contributed by atoms with E-state index >= 15 is 0 Å². The Morgan fingerprint density at radius 1 is 0.971 bits per heavy atom. The Morgan fingerprint density at radius 2 is 1.71 bits per heavy atom. The molecule has 0 radical (unpaired) electrons. The van der Waals surface area contributed by atoms with Gasteiger partial charge >= 0.3 is 0 Å². The molecule has 1 saturated carbocycles. The zero-order valence-corrected chi connectivity index (χ0v) is 19.5. The molecule has 1 aliphatic heterocycles. The van der Waals surface area contributed by atoms with Gasteiger partial charge in [0.1, 0.15) is 0 Å². The van der Waals surface area contributed by atoms with E-state index in [0.29, 0.717) is 6.04 Å². The van der Waals surface area contributed by atoms with Crippen molar-refractivity contribution in [3.8, 4) is 0 Å². The quantitative estimate of drug-likeness (QED) is 0.632. The molecule has 2 aromatic rings. The first-order valence-electron chi connectivity index (χ1n) is 12.4. The molecule has 2 aliphatic carbocycles. The first-order chi connectivity index (χ1) is 16.8. The molecular weight excluding hydrogens is 420 g/mol. The van der Waals surface area contributed by atoms with Gasteiger partial charge in [-0.25, -0.2) is 0 Å². The lowest BCUT2D eigenvalue weighted by Gasteiger charge is -2.42. The number of nitrogens with one attached hydrogen (secondary N) is 1. The van der Waals surface area contributed by atoms with Crippen LogP contribution in [0.3, 0.4) is 0 Å². The highest BCUT2D eigenvalue weighted by Gasteiger charge is 2.39. The summed E-state index contributed by atoms with van der Waals surface area (Å²) in [5.41, 5.74) is 9.38. The Hall–Kier alpha value is -3.13. The third-order valence-corrected chi connectivity index (χ3v) is 7.38. The van der Waals surface area contributed by atoms with E-state index in [2.05, 4.69) is 64.1 Å². The number of carbonyl (C=O) groups excluding carboxylic acids is 1. The molecule has 0 bridgehead atoms. The molecule has 0 spiro atoms. The Balaban J connectivity index is 1.39. The van der Waals surface area contributed by atoms with Gasteiger partial charge in [0, 0.05) is 25.0 Å². The van der Waals surface area contributed by atoms with E-state index < -0.39 is 0 Å². The summed E-state index contributed by atoms with van der Waals surface area (Å²) in [5, 5.41) is 3.41. The molecule has 2 fully saturated rings. The lowest BCUT2D eigenvalue weighted by Crippen LogP contribution is -2.48. The number of ether oxygens (including phenoxy) is 1. The predicted molar refractivity (Wildman–Crippen MR) is 134 cm³/mol. The number of amides is 1. The third kappa shape index (κ3) is 5.17. The average Bonchev–Trinajstić information content (AvgIpc) is 2.93. The molecule has 34 heavy (non-hydrogen) atoms. The Bertz CT molecular complexity index is 1110. The number of nitrogens with zero attached hydrogens (tertiary/aromatic N) is 1. The van der Waals surface area contributed by atoms with Crippen LogP contribution in [0.4, 0.5) is 0 Å². The largest absolute Gasteiger partial charge is 0.379 e. The van der Waals surface area contributed by atoms with Crippen molar-refractivity contribution in [2.24, 2.45) is 5.92 Å². The molecule has 174 valence electrons. The van der Waals surface area contributed by atoms with Gasteiger partial charge in [-0.3, -0.25) is 9.69 Å². The SMILES string of the molecule is O=C(NC(C1=CC=C=C=C1)c1ccccc1)[C@@H]1CC[C@@H](N2CCOCC2)C[C@H]1c1ccccc1. The maximum Gasteiger partial charge on any atom is 0.224 e. The summed E-state index contributed by atoms with van der Waals surface area (Å²) in [4.78, 5) is 16.4. The second kappa shape index (κ2) is 10.9. The average molecular weight is 453 g/mol. The van der Waals surface area contributed by atoms with E-state index in [4.69, 9.17) is 4.74 Å². The molecule has 1 heterocycles. The molecule has 4 atom stereocenters. The van der Waals surface area contributed by atoms with E-state index in [9.17, 15) is 4.79 Å². The number of hydrogen-bond donors (Lipinski definition) is 1. The van der Waals surface area contributed by atoms with Gasteiger partial charge in [-0.2, -0.15) is 0 Å². The van der Waals surface area contributed by atoms with Gasteiger partial charge in [-0.15, -0.1) is 0 Å². The summed E-state index contributed by atoms with van der Waals surface area (Å²) in [6.45, 7) is 3.59. The summed E-state index contributed by atoms with van der Waals surface area (Å²) in [5.74, 6) is 0.288. The van der Waals surface area contributed by atoms with Crippen LogP contribution >= 0.6 is 0 Å². The maximum atomic E-state index is 13.9. The highest BCUT2D eigenvalue weighted by atomic mass is 16.5. The van der Waals surface area contributed by atoms with Crippen LogP contribution < -0.4 is 5.32 Å².